The molecule has 0 radical (unpaired) electrons. The van der Waals surface area contributed by atoms with Crippen molar-refractivity contribution in [3.8, 4) is 5.69 Å². The summed E-state index contributed by atoms with van der Waals surface area (Å²) in [5, 5.41) is 5.85. The lowest BCUT2D eigenvalue weighted by molar-refractivity contribution is 0.833. The van der Waals surface area contributed by atoms with Crippen LogP contribution in [0.2, 0.25) is 0 Å². The van der Waals surface area contributed by atoms with E-state index in [0.717, 1.165) is 30.0 Å². The number of nitrogens with zero attached hydrogens (tertiary/aromatic N) is 2. The second kappa shape index (κ2) is 6.86. The van der Waals surface area contributed by atoms with Gasteiger partial charge in [-0.2, -0.15) is 0 Å². The topological polar surface area (TPSA) is 29.9 Å². The van der Waals surface area contributed by atoms with Crippen LogP contribution >= 0.6 is 11.3 Å². The molecule has 0 atom stereocenters. The van der Waals surface area contributed by atoms with Gasteiger partial charge in [-0.15, -0.1) is 0 Å². The molecule has 2 aromatic heterocycles. The summed E-state index contributed by atoms with van der Waals surface area (Å²) in [5.41, 5.74) is 6.33. The highest BCUT2D eigenvalue weighted by atomic mass is 32.1. The maximum atomic E-state index is 4.96. The minimum Gasteiger partial charge on any atom is -0.361 e. The lowest BCUT2D eigenvalue weighted by atomic mass is 10.0. The average Bonchev–Trinajstić information content (AvgIpc) is 3.27. The Morgan fingerprint density at radius 1 is 1.15 bits per heavy atom. The first-order chi connectivity index (χ1) is 13.4. The van der Waals surface area contributed by atoms with Gasteiger partial charge in [0, 0.05) is 23.2 Å². The van der Waals surface area contributed by atoms with Gasteiger partial charge in [0.05, 0.1) is 15.9 Å². The van der Waals surface area contributed by atoms with Crippen molar-refractivity contribution < 1.29 is 0 Å². The van der Waals surface area contributed by atoms with Gasteiger partial charge >= 0.3 is 0 Å². The Morgan fingerprint density at radius 3 is 3.00 bits per heavy atom. The van der Waals surface area contributed by atoms with Crippen LogP contribution in [-0.4, -0.2) is 16.1 Å². The Balaban J connectivity index is 1.71. The van der Waals surface area contributed by atoms with Crippen LogP contribution in [0.4, 0.5) is 5.13 Å². The number of fused-ring (bicyclic) bond motifs is 4. The molecule has 1 aliphatic carbocycles. The van der Waals surface area contributed by atoms with E-state index in [9.17, 15) is 0 Å². The molecule has 0 aliphatic heterocycles. The van der Waals surface area contributed by atoms with E-state index in [0.29, 0.717) is 0 Å². The van der Waals surface area contributed by atoms with Gasteiger partial charge in [0.25, 0.3) is 0 Å². The summed E-state index contributed by atoms with van der Waals surface area (Å²) in [6.07, 6.45) is 9.11. The fourth-order valence-electron chi connectivity index (χ4n) is 4.01. The molecule has 0 fully saturated rings. The number of aromatic nitrogens is 2. The zero-order chi connectivity index (χ0) is 18.2. The van der Waals surface area contributed by atoms with Crippen molar-refractivity contribution in [2.45, 2.75) is 32.6 Å². The molecule has 3 nitrogen and oxygen atoms in total. The molecule has 1 N–H and O–H groups in total. The minimum absolute atomic E-state index is 0.984. The van der Waals surface area contributed by atoms with Gasteiger partial charge in [-0.25, -0.2) is 4.98 Å². The van der Waals surface area contributed by atoms with Gasteiger partial charge < -0.3 is 9.88 Å². The summed E-state index contributed by atoms with van der Waals surface area (Å²) in [7, 11) is 0. The first kappa shape index (κ1) is 16.6. The molecule has 0 saturated heterocycles. The number of hydrogen-bond donors (Lipinski definition) is 1. The molecule has 0 saturated carbocycles. The summed E-state index contributed by atoms with van der Waals surface area (Å²) < 4.78 is 3.68. The van der Waals surface area contributed by atoms with Crippen LogP contribution in [0.15, 0.2) is 48.5 Å². The van der Waals surface area contributed by atoms with Crippen molar-refractivity contribution in [3.63, 3.8) is 0 Å². The fourth-order valence-corrected chi connectivity index (χ4v) is 4.92. The minimum atomic E-state index is 0.984. The number of anilines is 1. The highest BCUT2D eigenvalue weighted by Gasteiger charge is 2.20. The molecule has 2 heterocycles. The van der Waals surface area contributed by atoms with Crippen molar-refractivity contribution in [2.75, 3.05) is 11.9 Å². The third-order valence-electron chi connectivity index (χ3n) is 5.29. The van der Waals surface area contributed by atoms with Crippen LogP contribution in [0.3, 0.4) is 0 Å². The maximum Gasteiger partial charge on any atom is 0.183 e. The van der Waals surface area contributed by atoms with Gasteiger partial charge in [-0.3, -0.25) is 0 Å². The molecule has 2 aromatic carbocycles. The number of nitrogens with one attached hydrogen (secondary N) is 1. The average molecular weight is 374 g/mol. The van der Waals surface area contributed by atoms with Crippen molar-refractivity contribution in [2.24, 2.45) is 0 Å². The Hall–Kier alpha value is -2.59. The number of hydrogen-bond acceptors (Lipinski definition) is 3. The number of allylic oxidation sites excluding steroid dienone is 1. The van der Waals surface area contributed by atoms with Crippen LogP contribution in [0.25, 0.3) is 32.9 Å². The number of rotatable bonds is 5. The summed E-state index contributed by atoms with van der Waals surface area (Å²) in [6.45, 7) is 3.20. The van der Waals surface area contributed by atoms with Crippen LogP contribution < -0.4 is 5.32 Å². The molecule has 0 bridgehead atoms. The summed E-state index contributed by atoms with van der Waals surface area (Å²) >= 11 is 1.75. The molecular formula is C23H23N3S. The standard InChI is InChI=1S/C23H23N3S/c1-2-3-15-24-23-25-22-20(13-8-14-21(22)27-23)26-18-11-6-4-9-16(18)17-10-5-7-12-19(17)26/h4-6,8-11,13-14H,2-3,7,12,15H2,1H3,(H,24,25). The normalized spacial score (nSPS) is 13.4. The van der Waals surface area contributed by atoms with Crippen LogP contribution in [0.5, 0.6) is 0 Å². The Morgan fingerprint density at radius 2 is 2.07 bits per heavy atom. The van der Waals surface area contributed by atoms with Crippen molar-refractivity contribution in [1.29, 1.82) is 0 Å². The molecule has 136 valence electrons. The molecule has 0 amide bonds. The van der Waals surface area contributed by atoms with Crippen LogP contribution in [0, 0.1) is 0 Å². The number of benzene rings is 2. The zero-order valence-corrected chi connectivity index (χ0v) is 16.4. The predicted molar refractivity (Wildman–Crippen MR) is 117 cm³/mol. The fraction of sp³-hybridized carbons (Fsp3) is 0.261. The van der Waals surface area contributed by atoms with E-state index in [2.05, 4.69) is 71.4 Å². The van der Waals surface area contributed by atoms with E-state index in [1.54, 1.807) is 11.3 Å². The van der Waals surface area contributed by atoms with Gasteiger partial charge in [0.1, 0.15) is 5.52 Å². The highest BCUT2D eigenvalue weighted by molar-refractivity contribution is 7.22. The van der Waals surface area contributed by atoms with E-state index >= 15 is 0 Å². The lowest BCUT2D eigenvalue weighted by Gasteiger charge is -2.13. The summed E-state index contributed by atoms with van der Waals surface area (Å²) in [6, 6.07) is 15.3. The van der Waals surface area contributed by atoms with E-state index in [-0.39, 0.29) is 0 Å². The molecule has 1 aliphatic rings. The van der Waals surface area contributed by atoms with Crippen molar-refractivity contribution >= 4 is 43.7 Å². The van der Waals surface area contributed by atoms with Crippen LogP contribution in [0.1, 0.15) is 37.4 Å². The molecule has 0 spiro atoms. The molecule has 5 rings (SSSR count). The number of thiazole rings is 1. The molecule has 4 heteroatoms. The first-order valence-electron chi connectivity index (χ1n) is 9.79. The smallest absolute Gasteiger partial charge is 0.183 e. The van der Waals surface area contributed by atoms with E-state index in [1.807, 2.05) is 0 Å². The van der Waals surface area contributed by atoms with Crippen LogP contribution in [-0.2, 0) is 6.42 Å². The molecular weight excluding hydrogens is 350 g/mol. The SMILES string of the molecule is CCCCNc1nc2c(-n3c4c(c5ccccc53)C=CCC4)cccc2s1. The first-order valence-corrected chi connectivity index (χ1v) is 10.6. The van der Waals surface area contributed by atoms with Gasteiger partial charge in [-0.05, 0) is 37.5 Å². The maximum absolute atomic E-state index is 4.96. The second-order valence-corrected chi connectivity index (χ2v) is 8.11. The van der Waals surface area contributed by atoms with E-state index in [1.165, 1.54) is 45.4 Å². The molecule has 4 aromatic rings. The largest absolute Gasteiger partial charge is 0.361 e. The Labute approximate surface area is 163 Å². The third kappa shape index (κ3) is 2.76. The number of para-hydroxylation sites is 2. The second-order valence-electron chi connectivity index (χ2n) is 7.08. The van der Waals surface area contributed by atoms with E-state index in [4.69, 9.17) is 4.98 Å². The quantitative estimate of drug-likeness (QED) is 0.410. The van der Waals surface area contributed by atoms with E-state index < -0.39 is 0 Å². The van der Waals surface area contributed by atoms with Crippen molar-refractivity contribution in [1.82, 2.24) is 9.55 Å². The predicted octanol–water partition coefficient (Wildman–Crippen LogP) is 6.41. The summed E-state index contributed by atoms with van der Waals surface area (Å²) in [5.74, 6) is 0. The van der Waals surface area contributed by atoms with Gasteiger partial charge in [-0.1, -0.05) is 61.1 Å². The lowest BCUT2D eigenvalue weighted by Crippen LogP contribution is -2.04. The molecule has 27 heavy (non-hydrogen) atoms. The number of unbranched alkanes of at least 4 members (excludes halogenated alkanes) is 1. The Kier molecular flexibility index (Phi) is 4.21. The monoisotopic (exact) mass is 373 g/mol. The third-order valence-corrected chi connectivity index (χ3v) is 6.27. The Bertz CT molecular complexity index is 1150. The van der Waals surface area contributed by atoms with Gasteiger partial charge in [0.2, 0.25) is 0 Å². The summed E-state index contributed by atoms with van der Waals surface area (Å²) in [4.78, 5) is 4.96. The zero-order valence-electron chi connectivity index (χ0n) is 15.5. The van der Waals surface area contributed by atoms with Gasteiger partial charge in [0.15, 0.2) is 5.13 Å². The van der Waals surface area contributed by atoms with Crippen molar-refractivity contribution in [3.05, 3.63) is 59.8 Å². The highest BCUT2D eigenvalue weighted by Crippen LogP contribution is 2.37. The molecule has 0 unspecified atom stereocenters.